The molecule has 0 saturated carbocycles. The predicted molar refractivity (Wildman–Crippen MR) is 105 cm³/mol. The van der Waals surface area contributed by atoms with Gasteiger partial charge in [0.2, 0.25) is 0 Å². The molecule has 0 atom stereocenters. The van der Waals surface area contributed by atoms with Gasteiger partial charge in [0, 0.05) is 9.81 Å². The fourth-order valence-electron chi connectivity index (χ4n) is 2.51. The predicted octanol–water partition coefficient (Wildman–Crippen LogP) is 6.13. The average molecular weight is 340 g/mol. The Kier molecular flexibility index (Phi) is 4.89. The van der Waals surface area contributed by atoms with Gasteiger partial charge in [0.05, 0.1) is 12.6 Å². The van der Waals surface area contributed by atoms with E-state index >= 15 is 0 Å². The van der Waals surface area contributed by atoms with E-state index in [-0.39, 0.29) is 5.70 Å². The van der Waals surface area contributed by atoms with Gasteiger partial charge >= 0.3 is 0 Å². The molecule has 0 saturated heterocycles. The van der Waals surface area contributed by atoms with Crippen LogP contribution >= 0.6 is 11.8 Å². The first-order valence-electron chi connectivity index (χ1n) is 7.88. The van der Waals surface area contributed by atoms with Gasteiger partial charge in [0.1, 0.15) is 0 Å². The SMILES string of the molecule is [C-]#[N+]C(C#N)=C1C=C(c2ccc(C)cc2)SC(c2ccc(C)cc2)=C1. The van der Waals surface area contributed by atoms with E-state index in [4.69, 9.17) is 6.57 Å². The van der Waals surface area contributed by atoms with Crippen LogP contribution in [0, 0.1) is 31.8 Å². The Morgan fingerprint density at radius 3 is 1.68 bits per heavy atom. The topological polar surface area (TPSA) is 28.1 Å². The van der Waals surface area contributed by atoms with E-state index < -0.39 is 0 Å². The standard InChI is InChI=1S/C22H16N2S/c1-15-4-8-17(9-5-15)21-12-19(20(14-23)24-3)13-22(25-21)18-10-6-16(2)7-11-18/h4-13H,1-2H3. The third-order valence-corrected chi connectivity index (χ3v) is 5.10. The van der Waals surface area contributed by atoms with E-state index in [1.807, 2.05) is 18.2 Å². The summed E-state index contributed by atoms with van der Waals surface area (Å²) in [7, 11) is 0. The first-order valence-corrected chi connectivity index (χ1v) is 8.69. The molecule has 0 radical (unpaired) electrons. The fraction of sp³-hybridized carbons (Fsp3) is 0.0909. The van der Waals surface area contributed by atoms with Gasteiger partial charge in [-0.15, -0.1) is 0 Å². The molecule has 0 N–H and O–H groups in total. The maximum Gasteiger partial charge on any atom is 0.269 e. The van der Waals surface area contributed by atoms with Crippen LogP contribution in [-0.4, -0.2) is 0 Å². The molecule has 1 heterocycles. The summed E-state index contributed by atoms with van der Waals surface area (Å²) >= 11 is 1.67. The van der Waals surface area contributed by atoms with Gasteiger partial charge in [0.15, 0.2) is 0 Å². The van der Waals surface area contributed by atoms with Gasteiger partial charge in [0.25, 0.3) is 5.70 Å². The van der Waals surface area contributed by atoms with Crippen LogP contribution in [0.5, 0.6) is 0 Å². The lowest BCUT2D eigenvalue weighted by molar-refractivity contribution is 1.45. The molecule has 0 spiro atoms. The van der Waals surface area contributed by atoms with Crippen LogP contribution in [0.2, 0.25) is 0 Å². The number of aryl methyl sites for hydroxylation is 2. The molecule has 0 aromatic heterocycles. The van der Waals surface area contributed by atoms with Crippen LogP contribution in [0.1, 0.15) is 22.3 Å². The molecule has 0 aliphatic carbocycles. The Balaban J connectivity index is 2.11. The summed E-state index contributed by atoms with van der Waals surface area (Å²) in [5.41, 5.74) is 5.38. The van der Waals surface area contributed by atoms with Crippen molar-refractivity contribution in [3.8, 4) is 6.07 Å². The lowest BCUT2D eigenvalue weighted by Gasteiger charge is -2.17. The Hall–Kier alpha value is -3.01. The molecule has 1 aliphatic heterocycles. The lowest BCUT2D eigenvalue weighted by Crippen LogP contribution is -1.93. The Labute approximate surface area is 152 Å². The molecule has 3 heteroatoms. The minimum absolute atomic E-state index is 0.120. The first kappa shape index (κ1) is 16.8. The van der Waals surface area contributed by atoms with Gasteiger partial charge in [-0.1, -0.05) is 83.6 Å². The Morgan fingerprint density at radius 2 is 1.32 bits per heavy atom. The second-order valence-electron chi connectivity index (χ2n) is 5.88. The minimum Gasteiger partial charge on any atom is -0.226 e. The number of nitriles is 1. The minimum atomic E-state index is 0.120. The van der Waals surface area contributed by atoms with Gasteiger partial charge in [-0.25, -0.2) is 10.1 Å². The molecule has 1 aliphatic rings. The summed E-state index contributed by atoms with van der Waals surface area (Å²) < 4.78 is 0. The number of allylic oxidation sites excluding steroid dienone is 4. The van der Waals surface area contributed by atoms with Crippen molar-refractivity contribution in [1.29, 1.82) is 5.26 Å². The second-order valence-corrected chi connectivity index (χ2v) is 6.96. The third-order valence-electron chi connectivity index (χ3n) is 3.96. The molecule has 0 amide bonds. The van der Waals surface area contributed by atoms with Crippen molar-refractivity contribution < 1.29 is 0 Å². The Bertz CT molecular complexity index is 897. The van der Waals surface area contributed by atoms with Crippen molar-refractivity contribution in [2.75, 3.05) is 0 Å². The molecule has 2 aromatic rings. The van der Waals surface area contributed by atoms with Crippen molar-refractivity contribution in [3.05, 3.63) is 106 Å². The summed E-state index contributed by atoms with van der Waals surface area (Å²) in [5, 5.41) is 9.28. The molecule has 2 nitrogen and oxygen atoms in total. The smallest absolute Gasteiger partial charge is 0.226 e. The first-order chi connectivity index (χ1) is 12.1. The van der Waals surface area contributed by atoms with E-state index in [1.165, 1.54) is 11.1 Å². The largest absolute Gasteiger partial charge is 0.269 e. The Morgan fingerprint density at radius 1 is 0.880 bits per heavy atom. The van der Waals surface area contributed by atoms with Crippen molar-refractivity contribution in [2.45, 2.75) is 13.8 Å². The van der Waals surface area contributed by atoms with E-state index in [9.17, 15) is 5.26 Å². The fourth-order valence-corrected chi connectivity index (χ4v) is 3.63. The zero-order valence-corrected chi connectivity index (χ0v) is 14.9. The van der Waals surface area contributed by atoms with Crippen LogP contribution < -0.4 is 0 Å². The van der Waals surface area contributed by atoms with E-state index in [2.05, 4.69) is 67.2 Å². The summed E-state index contributed by atoms with van der Waals surface area (Å²) in [6.07, 6.45) is 3.87. The average Bonchev–Trinajstić information content (AvgIpc) is 2.64. The maximum absolute atomic E-state index is 9.28. The molecule has 0 fully saturated rings. The normalized spacial score (nSPS) is 13.4. The summed E-state index contributed by atoms with van der Waals surface area (Å²) in [4.78, 5) is 5.48. The van der Waals surface area contributed by atoms with E-state index in [0.717, 1.165) is 20.9 Å². The molecule has 25 heavy (non-hydrogen) atoms. The van der Waals surface area contributed by atoms with Crippen LogP contribution in [0.25, 0.3) is 14.7 Å². The molecular weight excluding hydrogens is 324 g/mol. The van der Waals surface area contributed by atoms with E-state index in [0.29, 0.717) is 5.57 Å². The molecule has 120 valence electrons. The van der Waals surface area contributed by atoms with Gasteiger partial charge < -0.3 is 0 Å². The monoisotopic (exact) mass is 340 g/mol. The van der Waals surface area contributed by atoms with Crippen LogP contribution in [0.15, 0.2) is 72.0 Å². The van der Waals surface area contributed by atoms with Crippen LogP contribution in [-0.2, 0) is 0 Å². The van der Waals surface area contributed by atoms with Crippen molar-refractivity contribution >= 4 is 21.6 Å². The van der Waals surface area contributed by atoms with Crippen molar-refractivity contribution in [1.82, 2.24) is 0 Å². The number of rotatable bonds is 2. The number of thioether (sulfide) groups is 1. The lowest BCUT2D eigenvalue weighted by atomic mass is 10.1. The highest BCUT2D eigenvalue weighted by Gasteiger charge is 2.16. The molecule has 2 aromatic carbocycles. The molecular formula is C22H16N2S. The zero-order chi connectivity index (χ0) is 17.8. The van der Waals surface area contributed by atoms with Gasteiger partial charge in [-0.3, -0.25) is 0 Å². The van der Waals surface area contributed by atoms with Crippen molar-refractivity contribution in [2.24, 2.45) is 0 Å². The summed E-state index contributed by atoms with van der Waals surface area (Å²) in [6, 6.07) is 18.6. The second kappa shape index (κ2) is 7.26. The summed E-state index contributed by atoms with van der Waals surface area (Å²) in [5.74, 6) is 0. The highest BCUT2D eigenvalue weighted by molar-refractivity contribution is 8.16. The van der Waals surface area contributed by atoms with Gasteiger partial charge in [-0.05, 0) is 30.5 Å². The summed E-state index contributed by atoms with van der Waals surface area (Å²) in [6.45, 7) is 11.4. The highest BCUT2D eigenvalue weighted by Crippen LogP contribution is 2.44. The van der Waals surface area contributed by atoms with Crippen LogP contribution in [0.3, 0.4) is 0 Å². The van der Waals surface area contributed by atoms with Gasteiger partial charge in [-0.2, -0.15) is 0 Å². The number of hydrogen-bond acceptors (Lipinski definition) is 2. The van der Waals surface area contributed by atoms with Crippen molar-refractivity contribution in [3.63, 3.8) is 0 Å². The molecule has 0 unspecified atom stereocenters. The number of benzene rings is 2. The zero-order valence-electron chi connectivity index (χ0n) is 14.1. The maximum atomic E-state index is 9.28. The quantitative estimate of drug-likeness (QED) is 0.486. The molecule has 3 rings (SSSR count). The number of nitrogens with zero attached hydrogens (tertiary/aromatic N) is 2. The van der Waals surface area contributed by atoms with E-state index in [1.54, 1.807) is 11.8 Å². The molecule has 0 bridgehead atoms. The third kappa shape index (κ3) is 3.74. The number of hydrogen-bond donors (Lipinski definition) is 0. The highest BCUT2D eigenvalue weighted by atomic mass is 32.2. The van der Waals surface area contributed by atoms with Crippen LogP contribution in [0.4, 0.5) is 0 Å².